The van der Waals surface area contributed by atoms with Crippen molar-refractivity contribution in [3.05, 3.63) is 23.3 Å². The molecule has 98 valence electrons. The van der Waals surface area contributed by atoms with Crippen LogP contribution in [0.5, 0.6) is 0 Å². The molecule has 0 aliphatic carbocycles. The summed E-state index contributed by atoms with van der Waals surface area (Å²) in [5, 5.41) is 3.21. The van der Waals surface area contributed by atoms with Crippen molar-refractivity contribution in [2.24, 2.45) is 0 Å². The molecule has 1 atom stereocenters. The van der Waals surface area contributed by atoms with Crippen molar-refractivity contribution in [3.8, 4) is 0 Å². The summed E-state index contributed by atoms with van der Waals surface area (Å²) in [4.78, 5) is 12.0. The standard InChI is InChI=1S/C14H20N2O2/c1-8-5-6-10(15)9-7-11(16-12(8)9)13(17)18-14(2,3)4/h5-6,11,16H,7,15H2,1-4H3. The molecular weight excluding hydrogens is 228 g/mol. The molecule has 1 aliphatic rings. The second-order valence-corrected chi connectivity index (χ2v) is 5.76. The minimum absolute atomic E-state index is 0.225. The molecule has 1 aromatic rings. The Morgan fingerprint density at radius 2 is 2.11 bits per heavy atom. The van der Waals surface area contributed by atoms with Crippen LogP contribution in [0.4, 0.5) is 11.4 Å². The van der Waals surface area contributed by atoms with Gasteiger partial charge in [0.05, 0.1) is 0 Å². The molecule has 1 aliphatic heterocycles. The average Bonchev–Trinajstić information content (AvgIpc) is 2.67. The van der Waals surface area contributed by atoms with Gasteiger partial charge in [0.25, 0.3) is 0 Å². The van der Waals surface area contributed by atoms with Crippen LogP contribution in [-0.2, 0) is 16.0 Å². The minimum atomic E-state index is -0.464. The van der Waals surface area contributed by atoms with Gasteiger partial charge in [-0.1, -0.05) is 6.07 Å². The smallest absolute Gasteiger partial charge is 0.329 e. The quantitative estimate of drug-likeness (QED) is 0.591. The lowest BCUT2D eigenvalue weighted by Gasteiger charge is -2.22. The van der Waals surface area contributed by atoms with Crippen molar-refractivity contribution in [2.75, 3.05) is 11.1 Å². The van der Waals surface area contributed by atoms with Gasteiger partial charge in [0.1, 0.15) is 11.6 Å². The zero-order valence-electron chi connectivity index (χ0n) is 11.3. The van der Waals surface area contributed by atoms with Crippen molar-refractivity contribution in [2.45, 2.75) is 45.8 Å². The summed E-state index contributed by atoms with van der Waals surface area (Å²) < 4.78 is 5.39. The highest BCUT2D eigenvalue weighted by atomic mass is 16.6. The number of nitrogens with two attached hydrogens (primary N) is 1. The zero-order valence-corrected chi connectivity index (χ0v) is 11.3. The Balaban J connectivity index is 2.18. The molecule has 4 nitrogen and oxygen atoms in total. The average molecular weight is 248 g/mol. The van der Waals surface area contributed by atoms with E-state index < -0.39 is 5.60 Å². The largest absolute Gasteiger partial charge is 0.458 e. The number of ether oxygens (including phenoxy) is 1. The van der Waals surface area contributed by atoms with Gasteiger partial charge < -0.3 is 15.8 Å². The molecule has 0 saturated carbocycles. The third-order valence-electron chi connectivity index (χ3n) is 2.98. The van der Waals surface area contributed by atoms with Crippen LogP contribution in [0.1, 0.15) is 31.9 Å². The number of rotatable bonds is 1. The molecule has 0 aromatic heterocycles. The van der Waals surface area contributed by atoms with Gasteiger partial charge >= 0.3 is 5.97 Å². The lowest BCUT2D eigenvalue weighted by Crippen LogP contribution is -2.35. The van der Waals surface area contributed by atoms with Crippen LogP contribution in [0.2, 0.25) is 0 Å². The van der Waals surface area contributed by atoms with E-state index in [4.69, 9.17) is 10.5 Å². The van der Waals surface area contributed by atoms with Gasteiger partial charge in [-0.25, -0.2) is 4.79 Å². The first-order valence-corrected chi connectivity index (χ1v) is 6.15. The third-order valence-corrected chi connectivity index (χ3v) is 2.98. The molecule has 0 saturated heterocycles. The van der Waals surface area contributed by atoms with Crippen LogP contribution in [0.25, 0.3) is 0 Å². The van der Waals surface area contributed by atoms with E-state index in [1.165, 1.54) is 0 Å². The van der Waals surface area contributed by atoms with Gasteiger partial charge in [-0.05, 0) is 39.3 Å². The van der Waals surface area contributed by atoms with Gasteiger partial charge in [-0.3, -0.25) is 0 Å². The van der Waals surface area contributed by atoms with E-state index in [2.05, 4.69) is 5.32 Å². The monoisotopic (exact) mass is 248 g/mol. The number of benzene rings is 1. The Kier molecular flexibility index (Phi) is 2.97. The highest BCUT2D eigenvalue weighted by molar-refractivity contribution is 5.85. The van der Waals surface area contributed by atoms with Gasteiger partial charge in [0.2, 0.25) is 0 Å². The summed E-state index contributed by atoms with van der Waals surface area (Å²) >= 11 is 0. The molecule has 0 amide bonds. The number of nitrogens with one attached hydrogen (secondary N) is 1. The Hall–Kier alpha value is -1.71. The molecule has 0 fully saturated rings. The number of hydrogen-bond acceptors (Lipinski definition) is 4. The topological polar surface area (TPSA) is 64.3 Å². The second-order valence-electron chi connectivity index (χ2n) is 5.76. The number of hydrogen-bond donors (Lipinski definition) is 2. The van der Waals surface area contributed by atoms with Crippen LogP contribution in [0, 0.1) is 6.92 Å². The van der Waals surface area contributed by atoms with E-state index in [1.807, 2.05) is 39.8 Å². The summed E-state index contributed by atoms with van der Waals surface area (Å²) in [6.07, 6.45) is 0.595. The van der Waals surface area contributed by atoms with Gasteiger partial charge in [-0.15, -0.1) is 0 Å². The molecule has 1 aromatic carbocycles. The van der Waals surface area contributed by atoms with Crippen LogP contribution in [-0.4, -0.2) is 17.6 Å². The van der Waals surface area contributed by atoms with E-state index in [0.717, 1.165) is 22.5 Å². The molecule has 0 spiro atoms. The Labute approximate surface area is 108 Å². The van der Waals surface area contributed by atoms with Crippen molar-refractivity contribution < 1.29 is 9.53 Å². The summed E-state index contributed by atoms with van der Waals surface area (Å²) in [7, 11) is 0. The van der Waals surface area contributed by atoms with Crippen molar-refractivity contribution in [1.29, 1.82) is 0 Å². The minimum Gasteiger partial charge on any atom is -0.458 e. The Morgan fingerprint density at radius 1 is 1.44 bits per heavy atom. The first kappa shape index (κ1) is 12.7. The molecular formula is C14H20N2O2. The summed E-state index contributed by atoms with van der Waals surface area (Å²) in [5.74, 6) is -0.225. The number of carbonyl (C=O) groups is 1. The SMILES string of the molecule is Cc1ccc(N)c2c1NC(C(=O)OC(C)(C)C)C2. The normalized spacial score (nSPS) is 18.1. The zero-order chi connectivity index (χ0) is 13.5. The Bertz CT molecular complexity index is 458. The molecule has 0 radical (unpaired) electrons. The van der Waals surface area contributed by atoms with E-state index in [0.29, 0.717) is 6.42 Å². The second kappa shape index (κ2) is 4.19. The van der Waals surface area contributed by atoms with Crippen LogP contribution in [0.15, 0.2) is 12.1 Å². The molecule has 18 heavy (non-hydrogen) atoms. The van der Waals surface area contributed by atoms with E-state index in [9.17, 15) is 4.79 Å². The summed E-state index contributed by atoms with van der Waals surface area (Å²) in [6, 6.07) is 3.51. The van der Waals surface area contributed by atoms with Crippen LogP contribution in [0.3, 0.4) is 0 Å². The number of fused-ring (bicyclic) bond motifs is 1. The summed E-state index contributed by atoms with van der Waals surface area (Å²) in [5.41, 5.74) is 9.30. The maximum Gasteiger partial charge on any atom is 0.329 e. The number of esters is 1. The maximum atomic E-state index is 12.0. The third kappa shape index (κ3) is 2.42. The predicted octanol–water partition coefficient (Wildman–Crippen LogP) is 2.26. The fourth-order valence-electron chi connectivity index (χ4n) is 2.15. The highest BCUT2D eigenvalue weighted by Gasteiger charge is 2.32. The van der Waals surface area contributed by atoms with Gasteiger partial charge in [0, 0.05) is 23.4 Å². The Morgan fingerprint density at radius 3 is 2.67 bits per heavy atom. The van der Waals surface area contributed by atoms with E-state index in [-0.39, 0.29) is 12.0 Å². The number of nitrogen functional groups attached to an aromatic ring is 1. The fraction of sp³-hybridized carbons (Fsp3) is 0.500. The predicted molar refractivity (Wildman–Crippen MR) is 72.6 cm³/mol. The van der Waals surface area contributed by atoms with Crippen LogP contribution >= 0.6 is 0 Å². The molecule has 0 bridgehead atoms. The molecule has 1 heterocycles. The molecule has 4 heteroatoms. The van der Waals surface area contributed by atoms with Crippen molar-refractivity contribution in [3.63, 3.8) is 0 Å². The summed E-state index contributed by atoms with van der Waals surface area (Å²) in [6.45, 7) is 7.61. The number of carbonyl (C=O) groups excluding carboxylic acids is 1. The molecule has 1 unspecified atom stereocenters. The molecule has 3 N–H and O–H groups in total. The van der Waals surface area contributed by atoms with Crippen molar-refractivity contribution in [1.82, 2.24) is 0 Å². The van der Waals surface area contributed by atoms with Gasteiger partial charge in [0.15, 0.2) is 0 Å². The lowest BCUT2D eigenvalue weighted by molar-refractivity contribution is -0.155. The first-order valence-electron chi connectivity index (χ1n) is 6.15. The van der Waals surface area contributed by atoms with Gasteiger partial charge in [-0.2, -0.15) is 0 Å². The lowest BCUT2D eigenvalue weighted by atomic mass is 10.0. The van der Waals surface area contributed by atoms with E-state index in [1.54, 1.807) is 0 Å². The first-order chi connectivity index (χ1) is 8.28. The number of aryl methyl sites for hydroxylation is 1. The van der Waals surface area contributed by atoms with Crippen LogP contribution < -0.4 is 11.1 Å². The fourth-order valence-corrected chi connectivity index (χ4v) is 2.15. The molecule has 2 rings (SSSR count). The highest BCUT2D eigenvalue weighted by Crippen LogP contribution is 2.34. The van der Waals surface area contributed by atoms with Crippen molar-refractivity contribution >= 4 is 17.3 Å². The number of anilines is 2. The van der Waals surface area contributed by atoms with E-state index >= 15 is 0 Å². The maximum absolute atomic E-state index is 12.0.